The van der Waals surface area contributed by atoms with Crippen molar-refractivity contribution in [2.24, 2.45) is 5.73 Å². The Hall–Kier alpha value is -2.63. The van der Waals surface area contributed by atoms with Crippen LogP contribution in [0.1, 0.15) is 28.1 Å². The molecule has 5 nitrogen and oxygen atoms in total. The molecule has 1 aromatic carbocycles. The minimum absolute atomic E-state index is 0.343. The third-order valence-electron chi connectivity index (χ3n) is 4.61. The van der Waals surface area contributed by atoms with Crippen molar-refractivity contribution in [2.45, 2.75) is 19.6 Å². The number of rotatable bonds is 1. The number of carbonyl (C=O) groups excluding carboxylic acids is 1. The summed E-state index contributed by atoms with van der Waals surface area (Å²) in [7, 11) is 0. The van der Waals surface area contributed by atoms with E-state index in [-0.39, 0.29) is 0 Å². The first-order valence-electron chi connectivity index (χ1n) is 7.45. The summed E-state index contributed by atoms with van der Waals surface area (Å²) in [6.07, 6.45) is 3.19. The maximum absolute atomic E-state index is 12.3. The largest absolute Gasteiger partial charge is 0.364 e. The first-order chi connectivity index (χ1) is 10.9. The fraction of sp³-hybridized carbons (Fsp3) is 0.167. The lowest BCUT2D eigenvalue weighted by atomic mass is 9.85. The topological polar surface area (TPSA) is 94.9 Å². The number of hydrogen-bond donors (Lipinski definition) is 4. The number of aliphatic hydroxyl groups is 1. The van der Waals surface area contributed by atoms with Crippen molar-refractivity contribution >= 4 is 22.3 Å². The van der Waals surface area contributed by atoms with Crippen LogP contribution in [-0.4, -0.2) is 20.9 Å². The van der Waals surface area contributed by atoms with Crippen molar-refractivity contribution < 1.29 is 9.90 Å². The Morgan fingerprint density at radius 2 is 1.96 bits per heavy atom. The van der Waals surface area contributed by atoms with Gasteiger partial charge in [0.1, 0.15) is 0 Å². The first kappa shape index (κ1) is 14.0. The highest BCUT2D eigenvalue weighted by molar-refractivity contribution is 6.10. The second-order valence-electron chi connectivity index (χ2n) is 6.08. The number of aryl methyl sites for hydroxylation is 2. The number of benzene rings is 1. The van der Waals surface area contributed by atoms with Gasteiger partial charge in [-0.2, -0.15) is 0 Å². The molecule has 3 aromatic rings. The van der Waals surface area contributed by atoms with E-state index in [2.05, 4.69) is 9.97 Å². The molecule has 0 saturated heterocycles. The van der Waals surface area contributed by atoms with Crippen LogP contribution >= 0.6 is 0 Å². The second kappa shape index (κ2) is 4.44. The van der Waals surface area contributed by atoms with E-state index < -0.39 is 11.5 Å². The zero-order chi connectivity index (χ0) is 16.4. The molecule has 0 fully saturated rings. The van der Waals surface area contributed by atoms with Crippen molar-refractivity contribution in [1.29, 1.82) is 0 Å². The molecule has 0 bridgehead atoms. The third-order valence-corrected chi connectivity index (χ3v) is 4.61. The van der Waals surface area contributed by atoms with Gasteiger partial charge in [-0.25, -0.2) is 0 Å². The molecule has 5 N–H and O–H groups in total. The van der Waals surface area contributed by atoms with Crippen LogP contribution in [0.15, 0.2) is 36.5 Å². The molecule has 2 heterocycles. The van der Waals surface area contributed by atoms with Crippen molar-refractivity contribution in [3.05, 3.63) is 64.6 Å². The van der Waals surface area contributed by atoms with Crippen molar-refractivity contribution in [2.75, 3.05) is 0 Å². The Kier molecular flexibility index (Phi) is 2.70. The maximum Gasteiger partial charge on any atom is 0.219 e. The zero-order valence-electron chi connectivity index (χ0n) is 12.9. The van der Waals surface area contributed by atoms with Gasteiger partial charge in [0.25, 0.3) is 0 Å². The number of hydrogen-bond acceptors (Lipinski definition) is 3. The van der Waals surface area contributed by atoms with E-state index in [1.165, 1.54) is 6.08 Å². The molecule has 0 aliphatic heterocycles. The van der Waals surface area contributed by atoms with Crippen LogP contribution in [0.25, 0.3) is 16.5 Å². The summed E-state index contributed by atoms with van der Waals surface area (Å²) in [6, 6.07) is 7.99. The number of nitrogens with one attached hydrogen (secondary N) is 2. The number of fused-ring (bicyclic) bond motifs is 2. The predicted molar refractivity (Wildman–Crippen MR) is 88.7 cm³/mol. The molecule has 1 aliphatic rings. The SMILES string of the molecule is Cc1c[nH]c2c1C(c1[nH]c3ccccc3c1C)=CC(=O)C2(N)O. The minimum atomic E-state index is -2.01. The second-order valence-corrected chi connectivity index (χ2v) is 6.08. The fourth-order valence-corrected chi connectivity index (χ4v) is 3.35. The molecule has 4 rings (SSSR count). The van der Waals surface area contributed by atoms with Crippen molar-refractivity contribution in [3.63, 3.8) is 0 Å². The normalized spacial score (nSPS) is 20.7. The Morgan fingerprint density at radius 3 is 2.70 bits per heavy atom. The summed E-state index contributed by atoms with van der Waals surface area (Å²) >= 11 is 0. The van der Waals surface area contributed by atoms with Crippen LogP contribution in [0, 0.1) is 13.8 Å². The van der Waals surface area contributed by atoms with Crippen LogP contribution < -0.4 is 5.73 Å². The van der Waals surface area contributed by atoms with E-state index in [0.29, 0.717) is 5.69 Å². The molecule has 0 amide bonds. The molecule has 5 heteroatoms. The van der Waals surface area contributed by atoms with Crippen LogP contribution in [0.5, 0.6) is 0 Å². The monoisotopic (exact) mass is 307 g/mol. The molecule has 1 aliphatic carbocycles. The third kappa shape index (κ3) is 1.78. The number of carbonyl (C=O) groups is 1. The van der Waals surface area contributed by atoms with Gasteiger partial charge in [-0.05, 0) is 37.1 Å². The molecule has 0 radical (unpaired) electrons. The number of ketones is 1. The van der Waals surface area contributed by atoms with E-state index in [4.69, 9.17) is 5.73 Å². The van der Waals surface area contributed by atoms with Crippen LogP contribution in [0.2, 0.25) is 0 Å². The average Bonchev–Trinajstić information content (AvgIpc) is 3.06. The van der Waals surface area contributed by atoms with Gasteiger partial charge in [-0.3, -0.25) is 10.5 Å². The molecule has 0 saturated carbocycles. The van der Waals surface area contributed by atoms with Gasteiger partial charge in [0.05, 0.1) is 11.4 Å². The van der Waals surface area contributed by atoms with Crippen molar-refractivity contribution in [3.8, 4) is 0 Å². The lowest BCUT2D eigenvalue weighted by Gasteiger charge is -2.26. The Balaban J connectivity index is 2.03. The summed E-state index contributed by atoms with van der Waals surface area (Å²) in [6.45, 7) is 3.94. The minimum Gasteiger partial charge on any atom is -0.364 e. The molecular weight excluding hydrogens is 290 g/mol. The fourth-order valence-electron chi connectivity index (χ4n) is 3.35. The molecular formula is C18H17N3O2. The summed E-state index contributed by atoms with van der Waals surface area (Å²) in [5, 5.41) is 11.4. The quantitative estimate of drug-likeness (QED) is 0.519. The highest BCUT2D eigenvalue weighted by Crippen LogP contribution is 2.39. The summed E-state index contributed by atoms with van der Waals surface area (Å²) in [5.41, 5.74) is 9.57. The first-order valence-corrected chi connectivity index (χ1v) is 7.45. The predicted octanol–water partition coefficient (Wildman–Crippen LogP) is 2.23. The van der Waals surface area contributed by atoms with E-state index in [1.54, 1.807) is 6.20 Å². The zero-order valence-corrected chi connectivity index (χ0v) is 12.9. The van der Waals surface area contributed by atoms with Gasteiger partial charge >= 0.3 is 0 Å². The maximum atomic E-state index is 12.3. The summed E-state index contributed by atoms with van der Waals surface area (Å²) in [4.78, 5) is 18.6. The summed E-state index contributed by atoms with van der Waals surface area (Å²) < 4.78 is 0. The number of para-hydroxylation sites is 1. The van der Waals surface area contributed by atoms with Gasteiger partial charge in [0.2, 0.25) is 11.5 Å². The highest BCUT2D eigenvalue weighted by Gasteiger charge is 2.41. The molecule has 0 spiro atoms. The highest BCUT2D eigenvalue weighted by atomic mass is 16.3. The molecule has 23 heavy (non-hydrogen) atoms. The van der Waals surface area contributed by atoms with Gasteiger partial charge < -0.3 is 15.1 Å². The Bertz CT molecular complexity index is 989. The summed E-state index contributed by atoms with van der Waals surface area (Å²) in [5.74, 6) is -0.528. The van der Waals surface area contributed by atoms with Gasteiger partial charge in [0.15, 0.2) is 0 Å². The lowest BCUT2D eigenvalue weighted by Crippen LogP contribution is -2.46. The number of aromatic nitrogens is 2. The van der Waals surface area contributed by atoms with E-state index >= 15 is 0 Å². The van der Waals surface area contributed by atoms with Crippen LogP contribution in [0.3, 0.4) is 0 Å². The number of nitrogens with two attached hydrogens (primary N) is 1. The standard InChI is InChI=1S/C18H17N3O2/c1-9-8-20-17-15(9)12(7-14(22)18(17,19)23)16-10(2)11-5-3-4-6-13(11)21-16/h3-8,20-21,23H,19H2,1-2H3. The average molecular weight is 307 g/mol. The van der Waals surface area contributed by atoms with Crippen LogP contribution in [-0.2, 0) is 10.5 Å². The number of H-pyrrole nitrogens is 2. The molecule has 1 atom stereocenters. The Labute approximate surface area is 132 Å². The van der Waals surface area contributed by atoms with E-state index in [0.717, 1.165) is 38.9 Å². The van der Waals surface area contributed by atoms with E-state index in [9.17, 15) is 9.90 Å². The Morgan fingerprint density at radius 1 is 1.22 bits per heavy atom. The van der Waals surface area contributed by atoms with Crippen LogP contribution in [0.4, 0.5) is 0 Å². The van der Waals surface area contributed by atoms with Crippen molar-refractivity contribution in [1.82, 2.24) is 9.97 Å². The molecule has 2 aromatic heterocycles. The van der Waals surface area contributed by atoms with Gasteiger partial charge in [-0.1, -0.05) is 18.2 Å². The smallest absolute Gasteiger partial charge is 0.219 e. The number of aromatic amines is 2. The van der Waals surface area contributed by atoms with Gasteiger partial charge in [0, 0.05) is 28.2 Å². The lowest BCUT2D eigenvalue weighted by molar-refractivity contribution is -0.133. The van der Waals surface area contributed by atoms with E-state index in [1.807, 2.05) is 38.1 Å². The molecule has 1 unspecified atom stereocenters. The molecule has 116 valence electrons. The van der Waals surface area contributed by atoms with Gasteiger partial charge in [-0.15, -0.1) is 0 Å².